The van der Waals surface area contributed by atoms with Crippen LogP contribution in [0.4, 0.5) is 0 Å². The molecule has 0 radical (unpaired) electrons. The van der Waals surface area contributed by atoms with E-state index in [9.17, 15) is 4.79 Å². The molecule has 0 unspecified atom stereocenters. The fourth-order valence-corrected chi connectivity index (χ4v) is 3.43. The zero-order valence-electron chi connectivity index (χ0n) is 17.2. The maximum atomic E-state index is 13.1. The summed E-state index contributed by atoms with van der Waals surface area (Å²) in [7, 11) is 1.76. The number of ether oxygens (including phenoxy) is 1. The van der Waals surface area contributed by atoms with E-state index >= 15 is 0 Å². The lowest BCUT2D eigenvalue weighted by molar-refractivity contribution is 0.0784. The molecule has 4 aromatic rings. The van der Waals surface area contributed by atoms with E-state index in [0.717, 1.165) is 33.3 Å². The first-order chi connectivity index (χ1) is 14.6. The minimum absolute atomic E-state index is 0.143. The van der Waals surface area contributed by atoms with Crippen LogP contribution in [0.5, 0.6) is 5.75 Å². The van der Waals surface area contributed by atoms with Gasteiger partial charge in [-0.1, -0.05) is 23.8 Å². The van der Waals surface area contributed by atoms with Gasteiger partial charge in [-0.3, -0.25) is 19.9 Å². The number of hydrogen-bond acceptors (Lipinski definition) is 5. The van der Waals surface area contributed by atoms with Crippen molar-refractivity contribution in [1.82, 2.24) is 25.1 Å². The molecule has 7 nitrogen and oxygen atoms in total. The van der Waals surface area contributed by atoms with Gasteiger partial charge in [0.25, 0.3) is 5.91 Å². The highest BCUT2D eigenvalue weighted by molar-refractivity contribution is 5.95. The molecule has 3 heterocycles. The van der Waals surface area contributed by atoms with E-state index in [1.54, 1.807) is 42.8 Å². The molecule has 0 aliphatic rings. The van der Waals surface area contributed by atoms with Crippen LogP contribution in [0, 0.1) is 6.92 Å². The summed E-state index contributed by atoms with van der Waals surface area (Å²) in [5, 5.41) is 7.94. The van der Waals surface area contributed by atoms with E-state index in [1.165, 1.54) is 0 Å². The van der Waals surface area contributed by atoms with Crippen LogP contribution in [0.2, 0.25) is 0 Å². The maximum Gasteiger partial charge on any atom is 0.255 e. The Labute approximate surface area is 174 Å². The SMILES string of the molecule is CCOc1cc(C(=O)N(C)Cc2cncc3cn[nH]c23)cnc1-c1cccc(C)c1. The maximum absolute atomic E-state index is 13.1. The molecule has 0 atom stereocenters. The molecular weight excluding hydrogens is 378 g/mol. The van der Waals surface area contributed by atoms with Crippen molar-refractivity contribution in [3.8, 4) is 17.0 Å². The Morgan fingerprint density at radius 3 is 2.83 bits per heavy atom. The minimum Gasteiger partial charge on any atom is -0.492 e. The molecule has 1 amide bonds. The first-order valence-electron chi connectivity index (χ1n) is 9.78. The van der Waals surface area contributed by atoms with Crippen LogP contribution in [0.25, 0.3) is 22.2 Å². The number of H-pyrrole nitrogens is 1. The number of amides is 1. The third-order valence-corrected chi connectivity index (χ3v) is 4.88. The molecule has 30 heavy (non-hydrogen) atoms. The average molecular weight is 401 g/mol. The Balaban J connectivity index is 1.62. The number of pyridine rings is 2. The van der Waals surface area contributed by atoms with E-state index in [1.807, 2.05) is 32.0 Å². The lowest BCUT2D eigenvalue weighted by Crippen LogP contribution is -2.26. The van der Waals surface area contributed by atoms with Gasteiger partial charge in [0.15, 0.2) is 0 Å². The van der Waals surface area contributed by atoms with Gasteiger partial charge in [0.1, 0.15) is 11.4 Å². The summed E-state index contributed by atoms with van der Waals surface area (Å²) in [6, 6.07) is 9.83. The molecule has 1 aromatic carbocycles. The number of nitrogens with one attached hydrogen (secondary N) is 1. The van der Waals surface area contributed by atoms with Crippen molar-refractivity contribution in [2.75, 3.05) is 13.7 Å². The number of carbonyl (C=O) groups excluding carboxylic acids is 1. The molecule has 3 aromatic heterocycles. The van der Waals surface area contributed by atoms with Gasteiger partial charge in [0.05, 0.1) is 23.9 Å². The largest absolute Gasteiger partial charge is 0.492 e. The fraction of sp³-hybridized carbons (Fsp3) is 0.217. The summed E-state index contributed by atoms with van der Waals surface area (Å²) in [5.41, 5.74) is 5.08. The number of nitrogens with zero attached hydrogens (tertiary/aromatic N) is 4. The number of fused-ring (bicyclic) bond motifs is 1. The number of carbonyl (C=O) groups is 1. The van der Waals surface area contributed by atoms with Gasteiger partial charge in [-0.05, 0) is 26.0 Å². The molecular formula is C23H23N5O2. The number of rotatable bonds is 6. The molecule has 0 fully saturated rings. The van der Waals surface area contributed by atoms with Gasteiger partial charge in [-0.15, -0.1) is 0 Å². The van der Waals surface area contributed by atoms with E-state index in [-0.39, 0.29) is 5.91 Å². The molecule has 1 N–H and O–H groups in total. The number of benzene rings is 1. The van der Waals surface area contributed by atoms with Gasteiger partial charge in [0.2, 0.25) is 0 Å². The van der Waals surface area contributed by atoms with Crippen LogP contribution in [0.1, 0.15) is 28.4 Å². The predicted octanol–water partition coefficient (Wildman–Crippen LogP) is 4.00. The fourth-order valence-electron chi connectivity index (χ4n) is 3.43. The van der Waals surface area contributed by atoms with Crippen molar-refractivity contribution >= 4 is 16.8 Å². The second-order valence-electron chi connectivity index (χ2n) is 7.17. The Morgan fingerprint density at radius 1 is 1.17 bits per heavy atom. The normalized spacial score (nSPS) is 10.9. The van der Waals surface area contributed by atoms with Gasteiger partial charge >= 0.3 is 0 Å². The molecule has 0 saturated carbocycles. The lowest BCUT2D eigenvalue weighted by atomic mass is 10.1. The van der Waals surface area contributed by atoms with Crippen molar-refractivity contribution in [3.63, 3.8) is 0 Å². The molecule has 0 spiro atoms. The highest BCUT2D eigenvalue weighted by atomic mass is 16.5. The molecule has 0 aliphatic heterocycles. The number of aromatic nitrogens is 4. The van der Waals surface area contributed by atoms with Crippen molar-refractivity contribution < 1.29 is 9.53 Å². The summed E-state index contributed by atoms with van der Waals surface area (Å²) in [4.78, 5) is 23.5. The number of aryl methyl sites for hydroxylation is 1. The highest BCUT2D eigenvalue weighted by Crippen LogP contribution is 2.30. The second-order valence-corrected chi connectivity index (χ2v) is 7.17. The second kappa shape index (κ2) is 8.32. The molecule has 0 bridgehead atoms. The van der Waals surface area contributed by atoms with Gasteiger partial charge < -0.3 is 9.64 Å². The minimum atomic E-state index is -0.143. The van der Waals surface area contributed by atoms with Gasteiger partial charge in [0, 0.05) is 48.7 Å². The summed E-state index contributed by atoms with van der Waals surface area (Å²) in [6.07, 6.45) is 6.81. The van der Waals surface area contributed by atoms with Crippen LogP contribution in [-0.4, -0.2) is 44.6 Å². The number of hydrogen-bond donors (Lipinski definition) is 1. The molecule has 0 saturated heterocycles. The first kappa shape index (κ1) is 19.6. The van der Waals surface area contributed by atoms with Gasteiger partial charge in [-0.25, -0.2) is 0 Å². The van der Waals surface area contributed by atoms with E-state index < -0.39 is 0 Å². The quantitative estimate of drug-likeness (QED) is 0.528. The molecule has 7 heteroatoms. The average Bonchev–Trinajstić information content (AvgIpc) is 3.23. The third kappa shape index (κ3) is 3.87. The van der Waals surface area contributed by atoms with E-state index in [2.05, 4.69) is 26.2 Å². The van der Waals surface area contributed by atoms with Crippen LogP contribution in [0.3, 0.4) is 0 Å². The Morgan fingerprint density at radius 2 is 2.03 bits per heavy atom. The molecule has 0 aliphatic carbocycles. The van der Waals surface area contributed by atoms with E-state index in [0.29, 0.717) is 24.5 Å². The van der Waals surface area contributed by atoms with E-state index in [4.69, 9.17) is 4.74 Å². The van der Waals surface area contributed by atoms with Crippen molar-refractivity contribution in [2.45, 2.75) is 20.4 Å². The Kier molecular flexibility index (Phi) is 5.43. The first-order valence-corrected chi connectivity index (χ1v) is 9.78. The standard InChI is InChI=1S/C23H23N5O2/c1-4-30-20-9-17(12-25-22(20)16-7-5-6-15(2)8-16)23(29)28(3)14-19-11-24-10-18-13-26-27-21(18)19/h5-13H,4,14H2,1-3H3,(H,26,27). The Hall–Kier alpha value is -3.74. The molecule has 4 rings (SSSR count). The van der Waals surface area contributed by atoms with Crippen molar-refractivity contribution in [3.05, 3.63) is 71.8 Å². The Bertz CT molecular complexity index is 1200. The lowest BCUT2D eigenvalue weighted by Gasteiger charge is -2.18. The van der Waals surface area contributed by atoms with Crippen molar-refractivity contribution in [2.24, 2.45) is 0 Å². The summed E-state index contributed by atoms with van der Waals surface area (Å²) in [6.45, 7) is 4.83. The topological polar surface area (TPSA) is 84.0 Å². The smallest absolute Gasteiger partial charge is 0.255 e. The predicted molar refractivity (Wildman–Crippen MR) is 115 cm³/mol. The van der Waals surface area contributed by atoms with Crippen LogP contribution in [0.15, 0.2) is 55.1 Å². The molecule has 152 valence electrons. The van der Waals surface area contributed by atoms with Gasteiger partial charge in [-0.2, -0.15) is 5.10 Å². The summed E-state index contributed by atoms with van der Waals surface area (Å²) < 4.78 is 5.81. The summed E-state index contributed by atoms with van der Waals surface area (Å²) >= 11 is 0. The third-order valence-electron chi connectivity index (χ3n) is 4.88. The monoisotopic (exact) mass is 401 g/mol. The highest BCUT2D eigenvalue weighted by Gasteiger charge is 2.18. The zero-order chi connectivity index (χ0) is 21.1. The summed E-state index contributed by atoms with van der Waals surface area (Å²) in [5.74, 6) is 0.454. The van der Waals surface area contributed by atoms with Crippen LogP contribution >= 0.6 is 0 Å². The number of aromatic amines is 1. The van der Waals surface area contributed by atoms with Crippen LogP contribution < -0.4 is 4.74 Å². The van der Waals surface area contributed by atoms with Crippen LogP contribution in [-0.2, 0) is 6.54 Å². The van der Waals surface area contributed by atoms with Crippen molar-refractivity contribution in [1.29, 1.82) is 0 Å². The zero-order valence-corrected chi connectivity index (χ0v) is 17.2.